The Bertz CT molecular complexity index is 657. The van der Waals surface area contributed by atoms with E-state index >= 15 is 0 Å². The highest BCUT2D eigenvalue weighted by molar-refractivity contribution is 5.92. The summed E-state index contributed by atoms with van der Waals surface area (Å²) in [5.74, 6) is -1.10. The van der Waals surface area contributed by atoms with Crippen molar-refractivity contribution < 1.29 is 28.5 Å². The van der Waals surface area contributed by atoms with E-state index in [0.29, 0.717) is 39.3 Å². The van der Waals surface area contributed by atoms with Crippen molar-refractivity contribution in [1.82, 2.24) is 9.80 Å². The molecule has 0 aromatic heterocycles. The fourth-order valence-corrected chi connectivity index (χ4v) is 5.47. The van der Waals surface area contributed by atoms with E-state index in [4.69, 9.17) is 18.9 Å². The zero-order chi connectivity index (χ0) is 25.6. The van der Waals surface area contributed by atoms with Crippen LogP contribution < -0.4 is 0 Å². The van der Waals surface area contributed by atoms with Gasteiger partial charge in [0, 0.05) is 62.3 Å². The molecular weight excluding hydrogens is 436 g/mol. The second-order valence-corrected chi connectivity index (χ2v) is 11.9. The molecule has 2 aliphatic heterocycles. The SMILES string of the molecule is CC(C)(CC(C)(C)N1CCOCC1)OC(=O)C=CC(=O)OC(C)(C)CC(C)(C)N1CCOCC1. The minimum absolute atomic E-state index is 0.145. The van der Waals surface area contributed by atoms with Crippen molar-refractivity contribution >= 4 is 11.9 Å². The summed E-state index contributed by atoms with van der Waals surface area (Å²) in [5, 5.41) is 0. The quantitative estimate of drug-likeness (QED) is 0.347. The Morgan fingerprint density at radius 3 is 1.24 bits per heavy atom. The van der Waals surface area contributed by atoms with Crippen LogP contribution in [0, 0.1) is 0 Å². The Hall–Kier alpha value is -1.48. The molecule has 2 fully saturated rings. The number of esters is 2. The van der Waals surface area contributed by atoms with Crippen LogP contribution in [0.25, 0.3) is 0 Å². The van der Waals surface area contributed by atoms with Gasteiger partial charge in [0.05, 0.1) is 26.4 Å². The minimum Gasteiger partial charge on any atom is -0.456 e. The Kier molecular flexibility index (Phi) is 9.73. The molecule has 0 aliphatic carbocycles. The molecule has 0 bridgehead atoms. The number of ether oxygens (including phenoxy) is 4. The first-order chi connectivity index (χ1) is 15.6. The summed E-state index contributed by atoms with van der Waals surface area (Å²) in [6.45, 7) is 22.5. The number of nitrogens with zero attached hydrogens (tertiary/aromatic N) is 2. The van der Waals surface area contributed by atoms with Gasteiger partial charge in [-0.25, -0.2) is 9.59 Å². The van der Waals surface area contributed by atoms with Gasteiger partial charge in [0.2, 0.25) is 0 Å². The van der Waals surface area contributed by atoms with Crippen LogP contribution in [-0.4, -0.2) is 96.6 Å². The van der Waals surface area contributed by atoms with Crippen LogP contribution in [0.5, 0.6) is 0 Å². The molecule has 0 unspecified atom stereocenters. The lowest BCUT2D eigenvalue weighted by Gasteiger charge is -2.44. The normalized spacial score (nSPS) is 19.9. The highest BCUT2D eigenvalue weighted by Gasteiger charge is 2.37. The summed E-state index contributed by atoms with van der Waals surface area (Å²) in [5.41, 5.74) is -1.66. The maximum absolute atomic E-state index is 12.5. The molecule has 0 saturated carbocycles. The molecule has 2 rings (SSSR count). The Morgan fingerprint density at radius 1 is 0.647 bits per heavy atom. The van der Waals surface area contributed by atoms with Gasteiger partial charge in [-0.3, -0.25) is 9.80 Å². The van der Waals surface area contributed by atoms with Crippen molar-refractivity contribution in [1.29, 1.82) is 0 Å². The van der Waals surface area contributed by atoms with Gasteiger partial charge in [-0.05, 0) is 55.4 Å². The number of rotatable bonds is 10. The van der Waals surface area contributed by atoms with Crippen molar-refractivity contribution in [2.75, 3.05) is 52.6 Å². The smallest absolute Gasteiger partial charge is 0.331 e. The summed E-state index contributed by atoms with van der Waals surface area (Å²) >= 11 is 0. The summed E-state index contributed by atoms with van der Waals surface area (Å²) in [4.78, 5) is 29.6. The first-order valence-electron chi connectivity index (χ1n) is 12.4. The number of hydrogen-bond acceptors (Lipinski definition) is 8. The van der Waals surface area contributed by atoms with Gasteiger partial charge >= 0.3 is 11.9 Å². The fourth-order valence-electron chi connectivity index (χ4n) is 5.47. The predicted octanol–water partition coefficient (Wildman–Crippen LogP) is 3.19. The second kappa shape index (κ2) is 11.5. The lowest BCUT2D eigenvalue weighted by Crippen LogP contribution is -2.53. The second-order valence-electron chi connectivity index (χ2n) is 11.9. The van der Waals surface area contributed by atoms with Crippen LogP contribution in [0.4, 0.5) is 0 Å². The van der Waals surface area contributed by atoms with Crippen LogP contribution in [0.1, 0.15) is 68.2 Å². The first-order valence-corrected chi connectivity index (χ1v) is 12.4. The standard InChI is InChI=1S/C26H46N2O6/c1-23(2,27-11-15-31-16-12-27)19-25(5,6)33-21(29)9-10-22(30)34-26(7,8)20-24(3,4)28-13-17-32-18-14-28/h9-10H,11-20H2,1-8H3. The molecule has 0 N–H and O–H groups in total. The fraction of sp³-hybridized carbons (Fsp3) is 0.846. The maximum atomic E-state index is 12.5. The van der Waals surface area contributed by atoms with Crippen molar-refractivity contribution in [3.05, 3.63) is 12.2 Å². The number of hydrogen-bond donors (Lipinski definition) is 0. The molecule has 2 heterocycles. The number of carbonyl (C=O) groups is 2. The maximum Gasteiger partial charge on any atom is 0.331 e. The van der Waals surface area contributed by atoms with E-state index in [0.717, 1.165) is 38.3 Å². The Morgan fingerprint density at radius 2 is 0.941 bits per heavy atom. The van der Waals surface area contributed by atoms with Crippen LogP contribution in [0.2, 0.25) is 0 Å². The third-order valence-electron chi connectivity index (χ3n) is 6.56. The Labute approximate surface area is 205 Å². The molecule has 0 aromatic rings. The topological polar surface area (TPSA) is 77.5 Å². The highest BCUT2D eigenvalue weighted by atomic mass is 16.6. The first kappa shape index (κ1) is 28.8. The lowest BCUT2D eigenvalue weighted by atomic mass is 9.87. The van der Waals surface area contributed by atoms with Crippen LogP contribution >= 0.6 is 0 Å². The van der Waals surface area contributed by atoms with Gasteiger partial charge < -0.3 is 18.9 Å². The van der Waals surface area contributed by atoms with Crippen LogP contribution in [0.15, 0.2) is 12.2 Å². The average molecular weight is 483 g/mol. The summed E-state index contributed by atoms with van der Waals surface area (Å²) in [6.07, 6.45) is 3.64. The Balaban J connectivity index is 1.86. The molecule has 0 spiro atoms. The van der Waals surface area contributed by atoms with E-state index in [9.17, 15) is 9.59 Å². The number of morpholine rings is 2. The largest absolute Gasteiger partial charge is 0.456 e. The van der Waals surface area contributed by atoms with E-state index in [1.54, 1.807) is 0 Å². The molecule has 0 radical (unpaired) electrons. The molecular formula is C26H46N2O6. The van der Waals surface area contributed by atoms with Gasteiger partial charge in [-0.15, -0.1) is 0 Å². The third-order valence-corrected chi connectivity index (χ3v) is 6.56. The van der Waals surface area contributed by atoms with Gasteiger partial charge in [-0.2, -0.15) is 0 Å². The molecule has 0 atom stereocenters. The van der Waals surface area contributed by atoms with Crippen molar-refractivity contribution in [2.24, 2.45) is 0 Å². The average Bonchev–Trinajstić information content (AvgIpc) is 2.71. The zero-order valence-corrected chi connectivity index (χ0v) is 22.6. The van der Waals surface area contributed by atoms with Crippen LogP contribution in [0.3, 0.4) is 0 Å². The summed E-state index contributed by atoms with van der Waals surface area (Å²) < 4.78 is 22.3. The minimum atomic E-state index is -0.686. The molecule has 8 nitrogen and oxygen atoms in total. The van der Waals surface area contributed by atoms with Gasteiger partial charge in [0.25, 0.3) is 0 Å². The predicted molar refractivity (Wildman–Crippen MR) is 132 cm³/mol. The summed E-state index contributed by atoms with van der Waals surface area (Å²) in [6, 6.07) is 0. The van der Waals surface area contributed by atoms with E-state index in [1.807, 2.05) is 27.7 Å². The molecule has 0 aromatic carbocycles. The molecule has 34 heavy (non-hydrogen) atoms. The van der Waals surface area contributed by atoms with Crippen molar-refractivity contribution in [3.63, 3.8) is 0 Å². The van der Waals surface area contributed by atoms with E-state index in [1.165, 1.54) is 0 Å². The van der Waals surface area contributed by atoms with E-state index in [-0.39, 0.29) is 11.1 Å². The van der Waals surface area contributed by atoms with Crippen molar-refractivity contribution in [2.45, 2.75) is 90.5 Å². The van der Waals surface area contributed by atoms with Crippen molar-refractivity contribution in [3.8, 4) is 0 Å². The molecule has 8 heteroatoms. The van der Waals surface area contributed by atoms with E-state index in [2.05, 4.69) is 37.5 Å². The van der Waals surface area contributed by atoms with Crippen LogP contribution in [-0.2, 0) is 28.5 Å². The molecule has 2 aliphatic rings. The lowest BCUT2D eigenvalue weighted by molar-refractivity contribution is -0.157. The molecule has 2 saturated heterocycles. The van der Waals surface area contributed by atoms with Gasteiger partial charge in [0.15, 0.2) is 0 Å². The molecule has 0 amide bonds. The zero-order valence-electron chi connectivity index (χ0n) is 22.6. The number of carbonyl (C=O) groups excluding carboxylic acids is 2. The van der Waals surface area contributed by atoms with Gasteiger partial charge in [0.1, 0.15) is 11.2 Å². The van der Waals surface area contributed by atoms with Gasteiger partial charge in [-0.1, -0.05) is 0 Å². The third kappa shape index (κ3) is 9.29. The highest BCUT2D eigenvalue weighted by Crippen LogP contribution is 2.30. The summed E-state index contributed by atoms with van der Waals surface area (Å²) in [7, 11) is 0. The monoisotopic (exact) mass is 482 g/mol. The molecule has 196 valence electrons. The van der Waals surface area contributed by atoms with E-state index < -0.39 is 23.1 Å².